The van der Waals surface area contributed by atoms with Gasteiger partial charge < -0.3 is 15.2 Å². The predicted molar refractivity (Wildman–Crippen MR) is 121 cm³/mol. The quantitative estimate of drug-likeness (QED) is 0.407. The van der Waals surface area contributed by atoms with E-state index in [4.69, 9.17) is 10.5 Å². The molecule has 0 saturated carbocycles. The molecule has 0 aliphatic heterocycles. The van der Waals surface area contributed by atoms with Crippen LogP contribution >= 0.6 is 11.9 Å². The molecule has 8 heteroatoms. The second-order valence-corrected chi connectivity index (χ2v) is 7.79. The molecule has 6 nitrogen and oxygen atoms in total. The average molecular weight is 424 g/mol. The van der Waals surface area contributed by atoms with E-state index in [1.807, 2.05) is 31.3 Å². The van der Waals surface area contributed by atoms with Crippen LogP contribution in [0.3, 0.4) is 0 Å². The van der Waals surface area contributed by atoms with E-state index in [0.717, 1.165) is 39.2 Å². The van der Waals surface area contributed by atoms with Crippen LogP contribution in [0.1, 0.15) is 12.5 Å². The first kappa shape index (κ1) is 20.0. The summed E-state index contributed by atoms with van der Waals surface area (Å²) in [6.07, 6.45) is 1.68. The number of ether oxygens (including phenoxy) is 1. The Kier molecular flexibility index (Phi) is 5.76. The molecule has 0 fully saturated rings. The summed E-state index contributed by atoms with van der Waals surface area (Å²) in [5.41, 5.74) is 10.4. The Morgan fingerprint density at radius 3 is 2.73 bits per heavy atom. The van der Waals surface area contributed by atoms with Gasteiger partial charge in [0.15, 0.2) is 0 Å². The van der Waals surface area contributed by atoms with Crippen LogP contribution < -0.4 is 15.2 Å². The molecule has 0 aliphatic rings. The van der Waals surface area contributed by atoms with Crippen molar-refractivity contribution < 1.29 is 9.13 Å². The highest BCUT2D eigenvalue weighted by Gasteiger charge is 2.16. The number of anilines is 2. The van der Waals surface area contributed by atoms with Crippen LogP contribution in [0.4, 0.5) is 15.9 Å². The van der Waals surface area contributed by atoms with E-state index in [0.29, 0.717) is 18.2 Å². The number of benzene rings is 2. The number of nitrogen functional groups attached to an aromatic ring is 1. The summed E-state index contributed by atoms with van der Waals surface area (Å²) in [5, 5.41) is 5.47. The molecule has 0 aliphatic carbocycles. The third kappa shape index (κ3) is 4.04. The zero-order chi connectivity index (χ0) is 21.1. The van der Waals surface area contributed by atoms with Gasteiger partial charge in [-0.1, -0.05) is 37.1 Å². The van der Waals surface area contributed by atoms with Crippen LogP contribution in [0.15, 0.2) is 54.7 Å². The Morgan fingerprint density at radius 2 is 1.97 bits per heavy atom. The van der Waals surface area contributed by atoms with Crippen molar-refractivity contribution >= 4 is 34.4 Å². The van der Waals surface area contributed by atoms with Gasteiger partial charge in [-0.15, -0.1) is 0 Å². The number of hydrogen-bond donors (Lipinski definition) is 2. The van der Waals surface area contributed by atoms with Crippen molar-refractivity contribution in [1.82, 2.24) is 14.8 Å². The number of fused-ring (bicyclic) bond motifs is 1. The lowest BCUT2D eigenvalue weighted by Crippen LogP contribution is -1.99. The molecule has 2 aromatic heterocycles. The summed E-state index contributed by atoms with van der Waals surface area (Å²) in [7, 11) is 1.88. The highest BCUT2D eigenvalue weighted by atomic mass is 32.2. The largest absolute Gasteiger partial charge is 0.487 e. The molecule has 2 heterocycles. The molecule has 2 aromatic carbocycles. The van der Waals surface area contributed by atoms with Crippen LogP contribution in [0, 0.1) is 5.82 Å². The number of nitrogens with one attached hydrogen (secondary N) is 1. The lowest BCUT2D eigenvalue weighted by Gasteiger charge is -2.14. The molecule has 4 rings (SSSR count). The van der Waals surface area contributed by atoms with E-state index >= 15 is 0 Å². The minimum Gasteiger partial charge on any atom is -0.487 e. The lowest BCUT2D eigenvalue weighted by atomic mass is 10.1. The Morgan fingerprint density at radius 1 is 1.17 bits per heavy atom. The zero-order valence-electron chi connectivity index (χ0n) is 16.7. The van der Waals surface area contributed by atoms with Gasteiger partial charge >= 0.3 is 0 Å². The average Bonchev–Trinajstić information content (AvgIpc) is 3.10. The maximum atomic E-state index is 13.2. The van der Waals surface area contributed by atoms with E-state index < -0.39 is 0 Å². The second kappa shape index (κ2) is 8.62. The molecule has 0 saturated heterocycles. The van der Waals surface area contributed by atoms with Crippen molar-refractivity contribution in [3.63, 3.8) is 0 Å². The van der Waals surface area contributed by atoms with Gasteiger partial charge in [0.2, 0.25) is 0 Å². The summed E-state index contributed by atoms with van der Waals surface area (Å²) in [5.74, 6) is 1.76. The van der Waals surface area contributed by atoms with Gasteiger partial charge in [0.25, 0.3) is 0 Å². The summed E-state index contributed by atoms with van der Waals surface area (Å²) in [4.78, 5) is 4.22. The third-order valence-corrected chi connectivity index (χ3v) is 5.34. The number of rotatable bonds is 7. The Hall–Kier alpha value is -3.26. The second-order valence-electron chi connectivity index (χ2n) is 6.72. The first-order chi connectivity index (χ1) is 14.6. The topological polar surface area (TPSA) is 78.0 Å². The number of nitrogens with zero attached hydrogens (tertiary/aromatic N) is 3. The van der Waals surface area contributed by atoms with Gasteiger partial charge in [-0.05, 0) is 35.9 Å². The molecule has 0 amide bonds. The smallest absolute Gasteiger partial charge is 0.144 e. The van der Waals surface area contributed by atoms with E-state index in [-0.39, 0.29) is 5.82 Å². The van der Waals surface area contributed by atoms with Crippen molar-refractivity contribution in [2.24, 2.45) is 7.05 Å². The Bertz CT molecular complexity index is 1180. The summed E-state index contributed by atoms with van der Waals surface area (Å²) in [6, 6.07) is 14.1. The van der Waals surface area contributed by atoms with Crippen molar-refractivity contribution in [3.05, 3.63) is 66.1 Å². The fourth-order valence-corrected chi connectivity index (χ4v) is 3.67. The number of pyridine rings is 1. The first-order valence-corrected chi connectivity index (χ1v) is 10.5. The predicted octanol–water partition coefficient (Wildman–Crippen LogP) is 5.02. The minimum atomic E-state index is -0.268. The van der Waals surface area contributed by atoms with E-state index in [1.165, 1.54) is 12.1 Å². The Balaban J connectivity index is 1.71. The van der Waals surface area contributed by atoms with Gasteiger partial charge in [0.05, 0.1) is 16.6 Å². The molecule has 0 spiro atoms. The first-order valence-electron chi connectivity index (χ1n) is 9.53. The van der Waals surface area contributed by atoms with Crippen molar-refractivity contribution in [1.29, 1.82) is 0 Å². The fraction of sp³-hybridized carbons (Fsp3) is 0.182. The maximum absolute atomic E-state index is 13.2. The SMILES string of the molecule is CCSNc1ccc(-c2nn(C)c3ccnc(N)c23)cc1OCc1ccc(F)cc1. The number of aryl methyl sites for hydroxylation is 1. The van der Waals surface area contributed by atoms with Gasteiger partial charge in [-0.2, -0.15) is 5.10 Å². The lowest BCUT2D eigenvalue weighted by molar-refractivity contribution is 0.308. The van der Waals surface area contributed by atoms with Crippen LogP contribution in [-0.4, -0.2) is 20.5 Å². The molecule has 3 N–H and O–H groups in total. The molecule has 154 valence electrons. The van der Waals surface area contributed by atoms with Gasteiger partial charge in [-0.3, -0.25) is 4.68 Å². The summed E-state index contributed by atoms with van der Waals surface area (Å²) >= 11 is 1.58. The summed E-state index contributed by atoms with van der Waals surface area (Å²) in [6.45, 7) is 2.39. The van der Waals surface area contributed by atoms with Gasteiger partial charge in [0, 0.05) is 24.6 Å². The maximum Gasteiger partial charge on any atom is 0.144 e. The number of hydrogen-bond acceptors (Lipinski definition) is 6. The van der Waals surface area contributed by atoms with Crippen molar-refractivity contribution in [2.45, 2.75) is 13.5 Å². The van der Waals surface area contributed by atoms with Crippen molar-refractivity contribution in [2.75, 3.05) is 16.2 Å². The highest BCUT2D eigenvalue weighted by molar-refractivity contribution is 8.00. The number of halogens is 1. The van der Waals surface area contributed by atoms with Crippen LogP contribution in [-0.2, 0) is 13.7 Å². The molecule has 0 radical (unpaired) electrons. The number of aromatic nitrogens is 3. The van der Waals surface area contributed by atoms with Crippen molar-refractivity contribution in [3.8, 4) is 17.0 Å². The van der Waals surface area contributed by atoms with E-state index in [2.05, 4.69) is 21.7 Å². The Labute approximate surface area is 178 Å². The highest BCUT2D eigenvalue weighted by Crippen LogP contribution is 2.36. The van der Waals surface area contributed by atoms with Crippen LogP contribution in [0.25, 0.3) is 22.2 Å². The molecule has 0 atom stereocenters. The normalized spacial score (nSPS) is 11.0. The number of nitrogens with two attached hydrogens (primary N) is 1. The minimum absolute atomic E-state index is 0.268. The van der Waals surface area contributed by atoms with Crippen LogP contribution in [0.5, 0.6) is 5.75 Å². The van der Waals surface area contributed by atoms with E-state index in [9.17, 15) is 4.39 Å². The molecular formula is C22H22FN5OS. The summed E-state index contributed by atoms with van der Waals surface area (Å²) < 4.78 is 24.4. The molecule has 4 aromatic rings. The molecule has 0 unspecified atom stereocenters. The van der Waals surface area contributed by atoms with Gasteiger partial charge in [0.1, 0.15) is 29.7 Å². The molecule has 0 bridgehead atoms. The third-order valence-electron chi connectivity index (χ3n) is 4.68. The molecular weight excluding hydrogens is 401 g/mol. The zero-order valence-corrected chi connectivity index (χ0v) is 17.5. The standard InChI is InChI=1S/C22H22FN5OS/c1-3-30-27-17-9-6-15(12-19(17)29-13-14-4-7-16(23)8-5-14)21-20-18(28(2)26-21)10-11-25-22(20)24/h4-12,27H,3,13H2,1-2H3,(H2,24,25). The van der Waals surface area contributed by atoms with E-state index in [1.54, 1.807) is 35.0 Å². The van der Waals surface area contributed by atoms with Gasteiger partial charge in [-0.25, -0.2) is 9.37 Å². The fourth-order valence-electron chi connectivity index (χ4n) is 3.20. The van der Waals surface area contributed by atoms with Crippen LogP contribution in [0.2, 0.25) is 0 Å². The monoisotopic (exact) mass is 423 g/mol. The molecule has 30 heavy (non-hydrogen) atoms.